The Morgan fingerprint density at radius 3 is 1.89 bits per heavy atom. The summed E-state index contributed by atoms with van der Waals surface area (Å²) in [6, 6.07) is 66.1. The van der Waals surface area contributed by atoms with Gasteiger partial charge in [-0.05, 0) is 87.9 Å². The SMILES string of the molecule is c1ccc2c(c1)Sc1cccc3nc(-n4c5ccccc5c5cc(-c6ccc7c(c6)c6c8ccccc8ccc6n7-c6cccc7ccccc67)ccc54)nc-2c13. The topological polar surface area (TPSA) is 35.6 Å². The number of hydrogen-bond donors (Lipinski definition) is 0. The van der Waals surface area contributed by atoms with E-state index in [4.69, 9.17) is 9.97 Å². The monoisotopic (exact) mass is 742 g/mol. The van der Waals surface area contributed by atoms with Crippen molar-refractivity contribution in [2.45, 2.75) is 9.79 Å². The molecule has 0 saturated carbocycles. The van der Waals surface area contributed by atoms with Crippen LogP contribution in [0.2, 0.25) is 0 Å². The molecule has 57 heavy (non-hydrogen) atoms. The Kier molecular flexibility index (Phi) is 6.35. The average Bonchev–Trinajstić information content (AvgIpc) is 3.78. The van der Waals surface area contributed by atoms with Gasteiger partial charge >= 0.3 is 0 Å². The van der Waals surface area contributed by atoms with Crippen LogP contribution in [-0.2, 0) is 0 Å². The first kappa shape index (κ1) is 31.0. The van der Waals surface area contributed by atoms with Crippen LogP contribution >= 0.6 is 11.8 Å². The molecular formula is C52H30N4S. The van der Waals surface area contributed by atoms with Crippen LogP contribution in [0.15, 0.2) is 192 Å². The van der Waals surface area contributed by atoms with Gasteiger partial charge in [-0.2, -0.15) is 0 Å². The van der Waals surface area contributed by atoms with Crippen LogP contribution in [0.25, 0.3) is 110 Å². The second kappa shape index (κ2) is 11.7. The van der Waals surface area contributed by atoms with Crippen LogP contribution in [0.5, 0.6) is 0 Å². The maximum absolute atomic E-state index is 5.37. The van der Waals surface area contributed by atoms with E-state index in [0.29, 0.717) is 5.95 Å². The number of hydrogen-bond acceptors (Lipinski definition) is 3. The third-order valence-corrected chi connectivity index (χ3v) is 13.0. The van der Waals surface area contributed by atoms with Crippen molar-refractivity contribution in [3.63, 3.8) is 0 Å². The fourth-order valence-corrected chi connectivity index (χ4v) is 10.5. The van der Waals surface area contributed by atoms with E-state index in [1.165, 1.54) is 80.7 Å². The second-order valence-electron chi connectivity index (χ2n) is 15.0. The molecule has 0 unspecified atom stereocenters. The van der Waals surface area contributed by atoms with Crippen molar-refractivity contribution in [1.29, 1.82) is 0 Å². The zero-order chi connectivity index (χ0) is 37.2. The van der Waals surface area contributed by atoms with Crippen molar-refractivity contribution in [3.05, 3.63) is 182 Å². The summed E-state index contributed by atoms with van der Waals surface area (Å²) < 4.78 is 4.70. The van der Waals surface area contributed by atoms with Gasteiger partial charge in [0.05, 0.1) is 39.0 Å². The van der Waals surface area contributed by atoms with Crippen LogP contribution in [0.3, 0.4) is 0 Å². The Bertz CT molecular complexity index is 3680. The van der Waals surface area contributed by atoms with E-state index in [1.807, 2.05) is 0 Å². The Balaban J connectivity index is 1.04. The summed E-state index contributed by atoms with van der Waals surface area (Å²) in [5.74, 6) is 0.685. The fourth-order valence-electron chi connectivity index (χ4n) is 9.39. The normalized spacial score (nSPS) is 12.5. The Labute approximate surface area is 331 Å². The van der Waals surface area contributed by atoms with Gasteiger partial charge in [-0.3, -0.25) is 4.57 Å². The van der Waals surface area contributed by atoms with Gasteiger partial charge < -0.3 is 4.57 Å². The lowest BCUT2D eigenvalue weighted by Gasteiger charge is -2.20. The molecule has 264 valence electrons. The van der Waals surface area contributed by atoms with Crippen molar-refractivity contribution in [2.24, 2.45) is 0 Å². The molecule has 4 nitrogen and oxygen atoms in total. The number of benzene rings is 9. The van der Waals surface area contributed by atoms with Gasteiger partial charge in [-0.25, -0.2) is 9.97 Å². The van der Waals surface area contributed by atoms with Crippen LogP contribution < -0.4 is 0 Å². The van der Waals surface area contributed by atoms with E-state index >= 15 is 0 Å². The molecule has 12 aromatic rings. The van der Waals surface area contributed by atoms with Crippen LogP contribution in [-0.4, -0.2) is 19.1 Å². The van der Waals surface area contributed by atoms with Gasteiger partial charge in [-0.15, -0.1) is 0 Å². The molecule has 0 spiro atoms. The van der Waals surface area contributed by atoms with Crippen molar-refractivity contribution < 1.29 is 0 Å². The van der Waals surface area contributed by atoms with Gasteiger partial charge in [0.2, 0.25) is 5.95 Å². The quantitative estimate of drug-likeness (QED) is 0.181. The van der Waals surface area contributed by atoms with Crippen LogP contribution in [0.1, 0.15) is 0 Å². The molecule has 0 fully saturated rings. The molecule has 13 rings (SSSR count). The Morgan fingerprint density at radius 2 is 1.02 bits per heavy atom. The average molecular weight is 743 g/mol. The lowest BCUT2D eigenvalue weighted by atomic mass is 9.99. The van der Waals surface area contributed by atoms with Gasteiger partial charge in [0.25, 0.3) is 0 Å². The van der Waals surface area contributed by atoms with Crippen LogP contribution in [0, 0.1) is 0 Å². The highest BCUT2D eigenvalue weighted by Gasteiger charge is 2.24. The van der Waals surface area contributed by atoms with Crippen molar-refractivity contribution in [2.75, 3.05) is 0 Å². The van der Waals surface area contributed by atoms with E-state index in [9.17, 15) is 0 Å². The summed E-state index contributed by atoms with van der Waals surface area (Å²) in [4.78, 5) is 13.0. The summed E-state index contributed by atoms with van der Waals surface area (Å²) >= 11 is 1.80. The lowest BCUT2D eigenvalue weighted by molar-refractivity contribution is 1.01. The molecule has 0 saturated heterocycles. The number of para-hydroxylation sites is 1. The smallest absolute Gasteiger partial charge is 0.235 e. The summed E-state index contributed by atoms with van der Waals surface area (Å²) in [5, 5.41) is 11.0. The molecule has 1 aliphatic rings. The molecule has 5 heteroatoms. The van der Waals surface area contributed by atoms with Gasteiger partial charge in [-0.1, -0.05) is 133 Å². The minimum Gasteiger partial charge on any atom is -0.309 e. The fraction of sp³-hybridized carbons (Fsp3) is 0. The minimum atomic E-state index is 0.685. The molecule has 9 aromatic carbocycles. The molecule has 0 N–H and O–H groups in total. The molecule has 0 atom stereocenters. The zero-order valence-electron chi connectivity index (χ0n) is 30.5. The van der Waals surface area contributed by atoms with E-state index in [0.717, 1.165) is 33.2 Å². The van der Waals surface area contributed by atoms with Crippen molar-refractivity contribution in [3.8, 4) is 34.0 Å². The predicted molar refractivity (Wildman–Crippen MR) is 238 cm³/mol. The standard InChI is InChI=1S/C52H30N4S/c1-3-14-35-31(11-1)13-9-20-42(35)55-45-27-25-34(30-40(45)49-36-15-4-2-12-32(36)23-28-46(49)55)33-24-26-44-39(29-33)37-16-5-7-19-43(37)56(44)52-53-41-18-10-22-48-50(41)51(54-52)38-17-6-8-21-47(38)57-48/h1-30H. The van der Waals surface area contributed by atoms with Crippen LogP contribution in [0.4, 0.5) is 0 Å². The maximum Gasteiger partial charge on any atom is 0.235 e. The van der Waals surface area contributed by atoms with Crippen molar-refractivity contribution >= 4 is 87.8 Å². The molecule has 1 aliphatic heterocycles. The number of aromatic nitrogens is 4. The summed E-state index contributed by atoms with van der Waals surface area (Å²) in [6.45, 7) is 0. The third-order valence-electron chi connectivity index (χ3n) is 11.9. The van der Waals surface area contributed by atoms with E-state index in [-0.39, 0.29) is 0 Å². The van der Waals surface area contributed by atoms with E-state index in [1.54, 1.807) is 11.8 Å². The molecule has 0 bridgehead atoms. The summed E-state index contributed by atoms with van der Waals surface area (Å²) in [5.41, 5.74) is 11.2. The van der Waals surface area contributed by atoms with Crippen molar-refractivity contribution in [1.82, 2.24) is 19.1 Å². The third kappa shape index (κ3) is 4.40. The lowest BCUT2D eigenvalue weighted by Crippen LogP contribution is -2.05. The molecule has 3 aromatic heterocycles. The first-order valence-corrected chi connectivity index (χ1v) is 20.1. The van der Waals surface area contributed by atoms with E-state index in [2.05, 4.69) is 191 Å². The maximum atomic E-state index is 5.37. The first-order chi connectivity index (χ1) is 28.3. The van der Waals surface area contributed by atoms with Gasteiger partial charge in [0.1, 0.15) is 0 Å². The molecular weight excluding hydrogens is 713 g/mol. The molecule has 0 radical (unpaired) electrons. The predicted octanol–water partition coefficient (Wildman–Crippen LogP) is 13.9. The molecule has 0 aliphatic carbocycles. The summed E-state index contributed by atoms with van der Waals surface area (Å²) in [7, 11) is 0. The largest absolute Gasteiger partial charge is 0.309 e. The van der Waals surface area contributed by atoms with E-state index < -0.39 is 0 Å². The first-order valence-electron chi connectivity index (χ1n) is 19.3. The highest BCUT2D eigenvalue weighted by molar-refractivity contribution is 7.99. The van der Waals surface area contributed by atoms with Gasteiger partial charge in [0, 0.05) is 47.7 Å². The number of nitrogens with zero attached hydrogens (tertiary/aromatic N) is 4. The second-order valence-corrected chi connectivity index (χ2v) is 16.0. The Morgan fingerprint density at radius 1 is 0.386 bits per heavy atom. The number of rotatable bonds is 3. The molecule has 0 amide bonds. The highest BCUT2D eigenvalue weighted by atomic mass is 32.2. The number of fused-ring (bicyclic) bond motifs is 11. The minimum absolute atomic E-state index is 0.685. The highest BCUT2D eigenvalue weighted by Crippen LogP contribution is 2.47. The van der Waals surface area contributed by atoms with Gasteiger partial charge in [0.15, 0.2) is 0 Å². The zero-order valence-corrected chi connectivity index (χ0v) is 31.3. The molecule has 4 heterocycles. The Hall–Kier alpha value is -7.21. The summed E-state index contributed by atoms with van der Waals surface area (Å²) in [6.07, 6.45) is 0.